The molecule has 1 heterocycles. The highest BCUT2D eigenvalue weighted by atomic mass is 16.5. The molecular weight excluding hydrogens is 312 g/mol. The number of hydrogen-bond acceptors (Lipinski definition) is 3. The van der Waals surface area contributed by atoms with Gasteiger partial charge >= 0.3 is 0 Å². The Bertz CT molecular complexity index is 852. The van der Waals surface area contributed by atoms with Gasteiger partial charge in [0.1, 0.15) is 5.69 Å². The van der Waals surface area contributed by atoms with Crippen molar-refractivity contribution in [2.75, 3.05) is 6.54 Å². The molecule has 1 saturated carbocycles. The van der Waals surface area contributed by atoms with E-state index >= 15 is 0 Å². The predicted molar refractivity (Wildman–Crippen MR) is 96.2 cm³/mol. The first-order valence-electron chi connectivity index (χ1n) is 8.63. The van der Waals surface area contributed by atoms with E-state index in [1.165, 1.54) is 12.0 Å². The number of aromatic nitrogens is 1. The zero-order valence-electron chi connectivity index (χ0n) is 13.9. The van der Waals surface area contributed by atoms with Crippen LogP contribution in [0.4, 0.5) is 0 Å². The van der Waals surface area contributed by atoms with Crippen molar-refractivity contribution >= 4 is 5.91 Å². The van der Waals surface area contributed by atoms with Crippen LogP contribution in [0.1, 0.15) is 35.4 Å². The van der Waals surface area contributed by atoms with Gasteiger partial charge < -0.3 is 9.84 Å². The summed E-state index contributed by atoms with van der Waals surface area (Å²) in [6, 6.07) is 21.8. The Morgan fingerprint density at radius 3 is 2.36 bits per heavy atom. The summed E-state index contributed by atoms with van der Waals surface area (Å²) in [5, 5.41) is 7.04. The second-order valence-electron chi connectivity index (χ2n) is 6.63. The van der Waals surface area contributed by atoms with Crippen LogP contribution in [0.25, 0.3) is 11.3 Å². The molecule has 0 unspecified atom stereocenters. The molecule has 0 saturated heterocycles. The number of amides is 1. The van der Waals surface area contributed by atoms with Gasteiger partial charge in [-0.2, -0.15) is 0 Å². The van der Waals surface area contributed by atoms with Crippen molar-refractivity contribution in [3.63, 3.8) is 0 Å². The molecule has 25 heavy (non-hydrogen) atoms. The van der Waals surface area contributed by atoms with E-state index in [1.807, 2.05) is 36.4 Å². The summed E-state index contributed by atoms with van der Waals surface area (Å²) in [7, 11) is 0. The molecule has 1 amide bonds. The Morgan fingerprint density at radius 1 is 1.04 bits per heavy atom. The molecule has 0 radical (unpaired) electrons. The highest BCUT2D eigenvalue weighted by Crippen LogP contribution is 2.43. The summed E-state index contributed by atoms with van der Waals surface area (Å²) < 4.78 is 5.24. The summed E-state index contributed by atoms with van der Waals surface area (Å²) in [5.41, 5.74) is 2.96. The maximum absolute atomic E-state index is 12.5. The molecule has 1 aromatic heterocycles. The Hall–Kier alpha value is -2.88. The third-order valence-corrected chi connectivity index (χ3v) is 5.09. The molecule has 2 aromatic carbocycles. The molecule has 4 heteroatoms. The molecule has 3 aromatic rings. The molecular formula is C21H20N2O2. The predicted octanol–water partition coefficient (Wildman–Crippen LogP) is 4.19. The van der Waals surface area contributed by atoms with Gasteiger partial charge in [-0.25, -0.2) is 0 Å². The molecule has 4 rings (SSSR count). The number of carbonyl (C=O) groups excluding carboxylic acids is 1. The SMILES string of the molecule is O=C(NCC1(c2ccccc2)CCC1)c1cc(-c2ccccc2)no1. The quantitative estimate of drug-likeness (QED) is 0.762. The first-order chi connectivity index (χ1) is 12.3. The van der Waals surface area contributed by atoms with E-state index in [2.05, 4.69) is 34.7 Å². The van der Waals surface area contributed by atoms with Crippen LogP contribution in [0.15, 0.2) is 71.3 Å². The summed E-state index contributed by atoms with van der Waals surface area (Å²) in [4.78, 5) is 12.5. The first kappa shape index (κ1) is 15.6. The molecule has 1 fully saturated rings. The molecule has 4 nitrogen and oxygen atoms in total. The van der Waals surface area contributed by atoms with E-state index in [0.717, 1.165) is 18.4 Å². The fourth-order valence-electron chi connectivity index (χ4n) is 3.43. The topological polar surface area (TPSA) is 55.1 Å². The number of rotatable bonds is 5. The van der Waals surface area contributed by atoms with Crippen molar-refractivity contribution in [1.29, 1.82) is 0 Å². The second-order valence-corrected chi connectivity index (χ2v) is 6.63. The second kappa shape index (κ2) is 6.55. The van der Waals surface area contributed by atoms with E-state index in [1.54, 1.807) is 6.07 Å². The van der Waals surface area contributed by atoms with E-state index in [4.69, 9.17) is 4.52 Å². The van der Waals surface area contributed by atoms with Crippen LogP contribution < -0.4 is 5.32 Å². The minimum atomic E-state index is -0.211. The molecule has 0 bridgehead atoms. The maximum atomic E-state index is 12.5. The summed E-state index contributed by atoms with van der Waals surface area (Å²) in [6.07, 6.45) is 3.40. The lowest BCUT2D eigenvalue weighted by Gasteiger charge is -2.42. The van der Waals surface area contributed by atoms with Crippen LogP contribution in [-0.4, -0.2) is 17.6 Å². The van der Waals surface area contributed by atoms with Crippen LogP contribution in [0.3, 0.4) is 0 Å². The summed E-state index contributed by atoms with van der Waals surface area (Å²) >= 11 is 0. The van der Waals surface area contributed by atoms with Crippen molar-refractivity contribution in [2.45, 2.75) is 24.7 Å². The number of nitrogens with one attached hydrogen (secondary N) is 1. The van der Waals surface area contributed by atoms with Gasteiger partial charge in [-0.3, -0.25) is 4.79 Å². The third-order valence-electron chi connectivity index (χ3n) is 5.09. The van der Waals surface area contributed by atoms with Gasteiger partial charge in [0.25, 0.3) is 5.91 Å². The van der Waals surface area contributed by atoms with Crippen molar-refractivity contribution < 1.29 is 9.32 Å². The van der Waals surface area contributed by atoms with Gasteiger partial charge in [-0.1, -0.05) is 72.2 Å². The Morgan fingerprint density at radius 2 is 1.72 bits per heavy atom. The zero-order valence-corrected chi connectivity index (χ0v) is 13.9. The van der Waals surface area contributed by atoms with Crippen molar-refractivity contribution in [3.05, 3.63) is 78.1 Å². The van der Waals surface area contributed by atoms with Crippen molar-refractivity contribution in [3.8, 4) is 11.3 Å². The third kappa shape index (κ3) is 3.07. The molecule has 1 aliphatic rings. The lowest BCUT2D eigenvalue weighted by Crippen LogP contribution is -2.45. The Balaban J connectivity index is 1.45. The van der Waals surface area contributed by atoms with Gasteiger partial charge in [0.05, 0.1) is 0 Å². The minimum Gasteiger partial charge on any atom is -0.350 e. The van der Waals surface area contributed by atoms with Crippen LogP contribution >= 0.6 is 0 Å². The van der Waals surface area contributed by atoms with Gasteiger partial charge in [0.15, 0.2) is 0 Å². The van der Waals surface area contributed by atoms with E-state index in [0.29, 0.717) is 12.2 Å². The van der Waals surface area contributed by atoms with Crippen LogP contribution in [-0.2, 0) is 5.41 Å². The molecule has 1 N–H and O–H groups in total. The molecule has 1 aliphatic carbocycles. The highest BCUT2D eigenvalue weighted by molar-refractivity contribution is 5.92. The first-order valence-corrected chi connectivity index (χ1v) is 8.63. The molecule has 126 valence electrons. The van der Waals surface area contributed by atoms with Gasteiger partial charge in [-0.05, 0) is 18.4 Å². The normalized spacial score (nSPS) is 15.4. The monoisotopic (exact) mass is 332 g/mol. The van der Waals surface area contributed by atoms with E-state index in [9.17, 15) is 4.79 Å². The number of benzene rings is 2. The fourth-order valence-corrected chi connectivity index (χ4v) is 3.43. The average Bonchev–Trinajstić information content (AvgIpc) is 3.13. The molecule has 0 atom stereocenters. The highest BCUT2D eigenvalue weighted by Gasteiger charge is 2.38. The lowest BCUT2D eigenvalue weighted by atomic mass is 9.64. The minimum absolute atomic E-state index is 0.0548. The van der Waals surface area contributed by atoms with Crippen molar-refractivity contribution in [1.82, 2.24) is 10.5 Å². The van der Waals surface area contributed by atoms with Gasteiger partial charge in [0.2, 0.25) is 5.76 Å². The number of nitrogens with zero attached hydrogens (tertiary/aromatic N) is 1. The Kier molecular flexibility index (Phi) is 4.10. The summed E-state index contributed by atoms with van der Waals surface area (Å²) in [5.74, 6) is 0.0401. The smallest absolute Gasteiger partial charge is 0.289 e. The van der Waals surface area contributed by atoms with E-state index < -0.39 is 0 Å². The molecule has 0 aliphatic heterocycles. The summed E-state index contributed by atoms with van der Waals surface area (Å²) in [6.45, 7) is 0.622. The maximum Gasteiger partial charge on any atom is 0.289 e. The molecule has 0 spiro atoms. The van der Waals surface area contributed by atoms with Crippen molar-refractivity contribution in [2.24, 2.45) is 0 Å². The van der Waals surface area contributed by atoms with Gasteiger partial charge in [0, 0.05) is 23.6 Å². The van der Waals surface area contributed by atoms with Crippen LogP contribution in [0, 0.1) is 0 Å². The Labute approximate surface area is 146 Å². The lowest BCUT2D eigenvalue weighted by molar-refractivity contribution is 0.0891. The fraction of sp³-hybridized carbons (Fsp3) is 0.238. The average molecular weight is 332 g/mol. The van der Waals surface area contributed by atoms with E-state index in [-0.39, 0.29) is 17.1 Å². The van der Waals surface area contributed by atoms with Crippen LogP contribution in [0.2, 0.25) is 0 Å². The zero-order chi connectivity index (χ0) is 17.1. The van der Waals surface area contributed by atoms with Gasteiger partial charge in [-0.15, -0.1) is 0 Å². The number of carbonyl (C=O) groups is 1. The largest absolute Gasteiger partial charge is 0.350 e. The van der Waals surface area contributed by atoms with Crippen LogP contribution in [0.5, 0.6) is 0 Å². The number of hydrogen-bond donors (Lipinski definition) is 1. The standard InChI is InChI=1S/C21H20N2O2/c24-20(19-14-18(23-25-19)16-8-3-1-4-9-16)22-15-21(12-7-13-21)17-10-5-2-6-11-17/h1-6,8-11,14H,7,12-13,15H2,(H,22,24).